The van der Waals surface area contributed by atoms with Crippen LogP contribution in [0.2, 0.25) is 0 Å². The number of rotatable bonds is 1. The number of halogens is 1. The molecule has 3 rings (SSSR count). The molecular formula is C11H7FN4. The van der Waals surface area contributed by atoms with Crippen molar-refractivity contribution < 1.29 is 4.39 Å². The fraction of sp³-hybridized carbons (Fsp3) is 0. The van der Waals surface area contributed by atoms with Crippen LogP contribution in [0.4, 0.5) is 4.39 Å². The summed E-state index contributed by atoms with van der Waals surface area (Å²) in [6, 6.07) is 1.43. The fourth-order valence-corrected chi connectivity index (χ4v) is 1.63. The molecular weight excluding hydrogens is 207 g/mol. The van der Waals surface area contributed by atoms with Crippen LogP contribution in [0.5, 0.6) is 0 Å². The first kappa shape index (κ1) is 8.96. The topological polar surface area (TPSA) is 54.5 Å². The van der Waals surface area contributed by atoms with Gasteiger partial charge in [-0.3, -0.25) is 9.97 Å². The summed E-state index contributed by atoms with van der Waals surface area (Å²) in [5, 5.41) is 0.709. The Labute approximate surface area is 90.2 Å². The molecule has 78 valence electrons. The van der Waals surface area contributed by atoms with Gasteiger partial charge in [0.15, 0.2) is 0 Å². The Morgan fingerprint density at radius 3 is 2.88 bits per heavy atom. The van der Waals surface area contributed by atoms with Crippen LogP contribution in [0.3, 0.4) is 0 Å². The lowest BCUT2D eigenvalue weighted by Crippen LogP contribution is -1.84. The van der Waals surface area contributed by atoms with E-state index in [-0.39, 0.29) is 5.82 Å². The fourth-order valence-electron chi connectivity index (χ4n) is 1.63. The highest BCUT2D eigenvalue weighted by Crippen LogP contribution is 2.25. The first-order chi connectivity index (χ1) is 7.84. The molecule has 0 atom stereocenters. The molecule has 3 heterocycles. The summed E-state index contributed by atoms with van der Waals surface area (Å²) in [7, 11) is 0. The summed E-state index contributed by atoms with van der Waals surface area (Å²) in [6.07, 6.45) is 7.76. The highest BCUT2D eigenvalue weighted by atomic mass is 19.1. The standard InChI is InChI=1S/C11H7FN4/c12-7-3-8-9(5-16-11(8)15-4-7)10-6-13-1-2-14-10/h1-6H,(H,15,16). The molecule has 0 aliphatic rings. The molecule has 16 heavy (non-hydrogen) atoms. The largest absolute Gasteiger partial charge is 0.345 e. The smallest absolute Gasteiger partial charge is 0.142 e. The number of pyridine rings is 1. The van der Waals surface area contributed by atoms with Crippen LogP contribution < -0.4 is 0 Å². The van der Waals surface area contributed by atoms with Gasteiger partial charge in [0.1, 0.15) is 11.5 Å². The third-order valence-corrected chi connectivity index (χ3v) is 2.34. The predicted molar refractivity (Wildman–Crippen MR) is 57.1 cm³/mol. The van der Waals surface area contributed by atoms with Crippen molar-refractivity contribution in [3.63, 3.8) is 0 Å². The highest BCUT2D eigenvalue weighted by molar-refractivity contribution is 5.92. The van der Waals surface area contributed by atoms with E-state index >= 15 is 0 Å². The second-order valence-corrected chi connectivity index (χ2v) is 3.34. The maximum Gasteiger partial charge on any atom is 0.142 e. The second-order valence-electron chi connectivity index (χ2n) is 3.34. The van der Waals surface area contributed by atoms with E-state index in [4.69, 9.17) is 0 Å². The molecule has 1 N–H and O–H groups in total. The zero-order valence-electron chi connectivity index (χ0n) is 8.18. The third-order valence-electron chi connectivity index (χ3n) is 2.34. The van der Waals surface area contributed by atoms with Gasteiger partial charge in [0.2, 0.25) is 0 Å². The van der Waals surface area contributed by atoms with Crippen LogP contribution in [0, 0.1) is 5.82 Å². The van der Waals surface area contributed by atoms with Crippen LogP contribution in [-0.2, 0) is 0 Å². The Bertz CT molecular complexity index is 633. The van der Waals surface area contributed by atoms with E-state index in [1.54, 1.807) is 24.8 Å². The molecule has 3 aromatic heterocycles. The van der Waals surface area contributed by atoms with E-state index in [1.165, 1.54) is 12.3 Å². The monoisotopic (exact) mass is 214 g/mol. The van der Waals surface area contributed by atoms with Crippen molar-refractivity contribution in [1.29, 1.82) is 0 Å². The lowest BCUT2D eigenvalue weighted by molar-refractivity contribution is 0.624. The number of aromatic amines is 1. The van der Waals surface area contributed by atoms with Crippen molar-refractivity contribution in [2.24, 2.45) is 0 Å². The third kappa shape index (κ3) is 1.33. The minimum absolute atomic E-state index is 0.364. The summed E-state index contributed by atoms with van der Waals surface area (Å²) in [6.45, 7) is 0. The Kier molecular flexibility index (Phi) is 1.89. The van der Waals surface area contributed by atoms with Gasteiger partial charge in [0, 0.05) is 29.5 Å². The molecule has 0 bridgehead atoms. The van der Waals surface area contributed by atoms with Crippen molar-refractivity contribution in [3.8, 4) is 11.3 Å². The number of aromatic nitrogens is 4. The second kappa shape index (κ2) is 3.37. The zero-order valence-corrected chi connectivity index (χ0v) is 8.18. The zero-order chi connectivity index (χ0) is 11.0. The van der Waals surface area contributed by atoms with E-state index in [0.29, 0.717) is 16.7 Å². The van der Waals surface area contributed by atoms with Gasteiger partial charge >= 0.3 is 0 Å². The van der Waals surface area contributed by atoms with Gasteiger partial charge in [-0.25, -0.2) is 9.37 Å². The van der Waals surface area contributed by atoms with Gasteiger partial charge < -0.3 is 4.98 Å². The van der Waals surface area contributed by atoms with E-state index in [9.17, 15) is 4.39 Å². The molecule has 0 amide bonds. The Morgan fingerprint density at radius 1 is 1.12 bits per heavy atom. The minimum Gasteiger partial charge on any atom is -0.345 e. The summed E-state index contributed by atoms with van der Waals surface area (Å²) in [5.41, 5.74) is 2.14. The van der Waals surface area contributed by atoms with Gasteiger partial charge in [0.25, 0.3) is 0 Å². The van der Waals surface area contributed by atoms with E-state index in [2.05, 4.69) is 19.9 Å². The van der Waals surface area contributed by atoms with Gasteiger partial charge in [-0.1, -0.05) is 0 Å². The van der Waals surface area contributed by atoms with Crippen molar-refractivity contribution in [1.82, 2.24) is 19.9 Å². The number of hydrogen-bond donors (Lipinski definition) is 1. The van der Waals surface area contributed by atoms with Crippen LogP contribution >= 0.6 is 0 Å². The number of hydrogen-bond acceptors (Lipinski definition) is 3. The van der Waals surface area contributed by atoms with Crippen molar-refractivity contribution in [2.45, 2.75) is 0 Å². The molecule has 0 unspecified atom stereocenters. The van der Waals surface area contributed by atoms with Crippen LogP contribution in [-0.4, -0.2) is 19.9 Å². The quantitative estimate of drug-likeness (QED) is 0.675. The maximum absolute atomic E-state index is 13.1. The molecule has 3 aromatic rings. The number of nitrogens with one attached hydrogen (secondary N) is 1. The van der Waals surface area contributed by atoms with Gasteiger partial charge in [-0.05, 0) is 6.07 Å². The lowest BCUT2D eigenvalue weighted by atomic mass is 10.2. The predicted octanol–water partition coefficient (Wildman–Crippen LogP) is 2.16. The molecule has 0 radical (unpaired) electrons. The molecule has 0 aliphatic carbocycles. The van der Waals surface area contributed by atoms with Crippen molar-refractivity contribution >= 4 is 11.0 Å². The Morgan fingerprint density at radius 2 is 2.06 bits per heavy atom. The van der Waals surface area contributed by atoms with E-state index < -0.39 is 0 Å². The molecule has 0 fully saturated rings. The highest BCUT2D eigenvalue weighted by Gasteiger charge is 2.08. The molecule has 5 heteroatoms. The molecule has 0 saturated heterocycles. The van der Waals surface area contributed by atoms with Gasteiger partial charge in [-0.2, -0.15) is 0 Å². The normalized spacial score (nSPS) is 10.8. The number of H-pyrrole nitrogens is 1. The van der Waals surface area contributed by atoms with Crippen LogP contribution in [0.15, 0.2) is 37.1 Å². The number of fused-ring (bicyclic) bond motifs is 1. The van der Waals surface area contributed by atoms with E-state index in [1.807, 2.05) is 0 Å². The van der Waals surface area contributed by atoms with Crippen LogP contribution in [0.25, 0.3) is 22.3 Å². The summed E-state index contributed by atoms with van der Waals surface area (Å²) >= 11 is 0. The molecule has 0 aromatic carbocycles. The molecule has 0 saturated carbocycles. The molecule has 0 spiro atoms. The number of nitrogens with zero attached hydrogens (tertiary/aromatic N) is 3. The Hall–Kier alpha value is -2.30. The SMILES string of the molecule is Fc1cnc2[nH]cc(-c3cnccn3)c2c1. The van der Waals surface area contributed by atoms with Crippen LogP contribution in [0.1, 0.15) is 0 Å². The first-order valence-corrected chi connectivity index (χ1v) is 4.73. The van der Waals surface area contributed by atoms with Gasteiger partial charge in [0.05, 0.1) is 18.1 Å². The maximum atomic E-state index is 13.1. The van der Waals surface area contributed by atoms with Crippen molar-refractivity contribution in [2.75, 3.05) is 0 Å². The molecule has 0 aliphatic heterocycles. The van der Waals surface area contributed by atoms with Gasteiger partial charge in [-0.15, -0.1) is 0 Å². The average Bonchev–Trinajstić information content (AvgIpc) is 2.73. The van der Waals surface area contributed by atoms with E-state index in [0.717, 1.165) is 5.56 Å². The Balaban J connectivity index is 2.29. The molecule has 4 nitrogen and oxygen atoms in total. The van der Waals surface area contributed by atoms with Crippen molar-refractivity contribution in [3.05, 3.63) is 42.9 Å². The summed E-state index contributed by atoms with van der Waals surface area (Å²) in [5.74, 6) is -0.364. The average molecular weight is 214 g/mol. The minimum atomic E-state index is -0.364. The summed E-state index contributed by atoms with van der Waals surface area (Å²) < 4.78 is 13.1. The summed E-state index contributed by atoms with van der Waals surface area (Å²) in [4.78, 5) is 15.1. The lowest BCUT2D eigenvalue weighted by Gasteiger charge is -1.96. The first-order valence-electron chi connectivity index (χ1n) is 4.73.